The van der Waals surface area contributed by atoms with Gasteiger partial charge in [-0.05, 0) is 43.5 Å². The Labute approximate surface area is 186 Å². The minimum absolute atomic E-state index is 0.274. The van der Waals surface area contributed by atoms with Gasteiger partial charge in [0, 0.05) is 12.0 Å². The lowest BCUT2D eigenvalue weighted by Gasteiger charge is -2.07. The van der Waals surface area contributed by atoms with Gasteiger partial charge in [-0.3, -0.25) is 4.79 Å². The van der Waals surface area contributed by atoms with Crippen LogP contribution in [-0.2, 0) is 4.79 Å². The predicted molar refractivity (Wildman–Crippen MR) is 125 cm³/mol. The number of ether oxygens (including phenoxy) is 2. The molecule has 1 aromatic carbocycles. The van der Waals surface area contributed by atoms with E-state index in [2.05, 4.69) is 29.9 Å². The third-order valence-electron chi connectivity index (χ3n) is 4.88. The van der Waals surface area contributed by atoms with E-state index in [0.717, 1.165) is 37.2 Å². The third kappa shape index (κ3) is 10.3. The third-order valence-corrected chi connectivity index (χ3v) is 4.88. The van der Waals surface area contributed by atoms with Gasteiger partial charge in [0.15, 0.2) is 11.6 Å². The SMILES string of the molecule is CCC/C=C/CCC(=O)Oc1cnc(-c2ccc(OCCCCCCCC)cc2)nc1. The van der Waals surface area contributed by atoms with Crippen LogP contribution in [0.25, 0.3) is 11.4 Å². The Balaban J connectivity index is 1.73. The minimum atomic E-state index is -0.274. The summed E-state index contributed by atoms with van der Waals surface area (Å²) in [6.07, 6.45) is 17.9. The first-order valence-electron chi connectivity index (χ1n) is 11.6. The number of esters is 1. The van der Waals surface area contributed by atoms with Crippen LogP contribution >= 0.6 is 0 Å². The summed E-state index contributed by atoms with van der Waals surface area (Å²) in [4.78, 5) is 20.5. The molecule has 5 nitrogen and oxygen atoms in total. The first kappa shape index (κ1) is 24.6. The smallest absolute Gasteiger partial charge is 0.311 e. The molecule has 0 N–H and O–H groups in total. The lowest BCUT2D eigenvalue weighted by atomic mass is 10.1. The Morgan fingerprint density at radius 2 is 1.52 bits per heavy atom. The fourth-order valence-electron chi connectivity index (χ4n) is 3.08. The van der Waals surface area contributed by atoms with Crippen molar-refractivity contribution in [3.8, 4) is 22.9 Å². The van der Waals surface area contributed by atoms with Crippen LogP contribution in [0.2, 0.25) is 0 Å². The van der Waals surface area contributed by atoms with Gasteiger partial charge in [-0.1, -0.05) is 64.5 Å². The van der Waals surface area contributed by atoms with E-state index in [-0.39, 0.29) is 5.97 Å². The Hall–Kier alpha value is -2.69. The van der Waals surface area contributed by atoms with Gasteiger partial charge >= 0.3 is 5.97 Å². The highest BCUT2D eigenvalue weighted by Crippen LogP contribution is 2.21. The van der Waals surface area contributed by atoms with Crippen LogP contribution in [0.3, 0.4) is 0 Å². The standard InChI is InChI=1S/C26H36N2O3/c1-3-5-7-9-11-13-19-30-23-17-15-22(16-18-23)26-27-20-24(21-28-26)31-25(29)14-12-10-8-6-4-2/h8,10,15-18,20-21H,3-7,9,11-14,19H2,1-2H3/b10-8+. The molecular weight excluding hydrogens is 388 g/mol. The molecule has 5 heteroatoms. The Bertz CT molecular complexity index is 770. The summed E-state index contributed by atoms with van der Waals surface area (Å²) < 4.78 is 11.1. The van der Waals surface area contributed by atoms with Gasteiger partial charge in [-0.25, -0.2) is 9.97 Å². The highest BCUT2D eigenvalue weighted by atomic mass is 16.5. The number of allylic oxidation sites excluding steroid dienone is 2. The molecule has 0 saturated heterocycles. The molecule has 0 spiro atoms. The molecule has 1 aromatic heterocycles. The van der Waals surface area contributed by atoms with Gasteiger partial charge in [0.25, 0.3) is 0 Å². The highest BCUT2D eigenvalue weighted by molar-refractivity contribution is 5.72. The van der Waals surface area contributed by atoms with Crippen LogP contribution < -0.4 is 9.47 Å². The second-order valence-electron chi connectivity index (χ2n) is 7.66. The number of unbranched alkanes of at least 4 members (excludes halogenated alkanes) is 6. The van der Waals surface area contributed by atoms with E-state index in [1.165, 1.54) is 44.5 Å². The summed E-state index contributed by atoms with van der Waals surface area (Å²) in [6.45, 7) is 5.11. The predicted octanol–water partition coefficient (Wildman–Crippen LogP) is 6.92. The fourth-order valence-corrected chi connectivity index (χ4v) is 3.08. The van der Waals surface area contributed by atoms with Crippen molar-refractivity contribution in [2.45, 2.75) is 78.1 Å². The number of carbonyl (C=O) groups is 1. The molecule has 0 saturated carbocycles. The number of nitrogens with zero attached hydrogens (tertiary/aromatic N) is 2. The lowest BCUT2D eigenvalue weighted by Crippen LogP contribution is -2.07. The van der Waals surface area contributed by atoms with Crippen molar-refractivity contribution in [1.82, 2.24) is 9.97 Å². The van der Waals surface area contributed by atoms with Gasteiger partial charge in [-0.15, -0.1) is 0 Å². The van der Waals surface area contributed by atoms with Crippen molar-refractivity contribution in [3.63, 3.8) is 0 Å². The fraction of sp³-hybridized carbons (Fsp3) is 0.500. The Kier molecular flexibility index (Phi) is 12.0. The summed E-state index contributed by atoms with van der Waals surface area (Å²) in [5.74, 6) is 1.54. The summed E-state index contributed by atoms with van der Waals surface area (Å²) >= 11 is 0. The molecule has 0 fully saturated rings. The van der Waals surface area contributed by atoms with Crippen molar-refractivity contribution >= 4 is 5.97 Å². The number of aromatic nitrogens is 2. The molecule has 2 aromatic rings. The maximum Gasteiger partial charge on any atom is 0.311 e. The summed E-state index contributed by atoms with van der Waals surface area (Å²) in [5, 5.41) is 0. The molecule has 0 aliphatic carbocycles. The summed E-state index contributed by atoms with van der Waals surface area (Å²) in [7, 11) is 0. The molecule has 0 unspecified atom stereocenters. The van der Waals surface area contributed by atoms with Crippen LogP contribution in [-0.4, -0.2) is 22.5 Å². The molecule has 0 aliphatic rings. The average Bonchev–Trinajstić information content (AvgIpc) is 2.79. The van der Waals surface area contributed by atoms with Crippen LogP contribution in [0.4, 0.5) is 0 Å². The van der Waals surface area contributed by atoms with E-state index in [0.29, 0.717) is 24.4 Å². The zero-order valence-electron chi connectivity index (χ0n) is 19.0. The molecule has 0 bridgehead atoms. The van der Waals surface area contributed by atoms with Gasteiger partial charge < -0.3 is 9.47 Å². The maximum atomic E-state index is 11.9. The van der Waals surface area contributed by atoms with Crippen molar-refractivity contribution in [3.05, 3.63) is 48.8 Å². The Morgan fingerprint density at radius 1 is 0.839 bits per heavy atom. The molecule has 0 radical (unpaired) electrons. The first-order chi connectivity index (χ1) is 15.2. The van der Waals surface area contributed by atoms with Gasteiger partial charge in [-0.2, -0.15) is 0 Å². The van der Waals surface area contributed by atoms with E-state index >= 15 is 0 Å². The van der Waals surface area contributed by atoms with E-state index < -0.39 is 0 Å². The molecule has 0 amide bonds. The summed E-state index contributed by atoms with van der Waals surface area (Å²) in [6, 6.07) is 7.77. The van der Waals surface area contributed by atoms with Gasteiger partial charge in [0.2, 0.25) is 0 Å². The molecule has 0 atom stereocenters. The second-order valence-corrected chi connectivity index (χ2v) is 7.66. The zero-order valence-corrected chi connectivity index (χ0v) is 19.0. The molecule has 0 aliphatic heterocycles. The van der Waals surface area contributed by atoms with E-state index in [9.17, 15) is 4.79 Å². The maximum absolute atomic E-state index is 11.9. The molecule has 1 heterocycles. The number of benzene rings is 1. The average molecular weight is 425 g/mol. The molecule has 31 heavy (non-hydrogen) atoms. The van der Waals surface area contributed by atoms with Crippen LogP contribution in [0.5, 0.6) is 11.5 Å². The van der Waals surface area contributed by atoms with Crippen LogP contribution in [0.1, 0.15) is 78.1 Å². The lowest BCUT2D eigenvalue weighted by molar-refractivity contribution is -0.134. The zero-order chi connectivity index (χ0) is 22.2. The monoisotopic (exact) mass is 424 g/mol. The van der Waals surface area contributed by atoms with Crippen LogP contribution in [0.15, 0.2) is 48.8 Å². The first-order valence-corrected chi connectivity index (χ1v) is 11.6. The Morgan fingerprint density at radius 3 is 2.23 bits per heavy atom. The topological polar surface area (TPSA) is 61.3 Å². The number of carbonyl (C=O) groups excluding carboxylic acids is 1. The van der Waals surface area contributed by atoms with E-state index in [1.54, 1.807) is 0 Å². The van der Waals surface area contributed by atoms with E-state index in [4.69, 9.17) is 9.47 Å². The minimum Gasteiger partial charge on any atom is -0.494 e. The normalized spacial score (nSPS) is 11.0. The summed E-state index contributed by atoms with van der Waals surface area (Å²) in [5.41, 5.74) is 0.894. The number of hydrogen-bond donors (Lipinski definition) is 0. The van der Waals surface area contributed by atoms with Crippen molar-refractivity contribution in [2.24, 2.45) is 0 Å². The molecular formula is C26H36N2O3. The molecule has 168 valence electrons. The van der Waals surface area contributed by atoms with Gasteiger partial charge in [0.05, 0.1) is 19.0 Å². The van der Waals surface area contributed by atoms with E-state index in [1.807, 2.05) is 30.3 Å². The highest BCUT2D eigenvalue weighted by Gasteiger charge is 2.07. The van der Waals surface area contributed by atoms with Crippen molar-refractivity contribution in [1.29, 1.82) is 0 Å². The van der Waals surface area contributed by atoms with Crippen molar-refractivity contribution in [2.75, 3.05) is 6.61 Å². The van der Waals surface area contributed by atoms with Crippen LogP contribution in [0, 0.1) is 0 Å². The number of rotatable bonds is 15. The molecule has 2 rings (SSSR count). The number of hydrogen-bond acceptors (Lipinski definition) is 5. The second kappa shape index (κ2) is 15.2. The largest absolute Gasteiger partial charge is 0.494 e. The van der Waals surface area contributed by atoms with Gasteiger partial charge in [0.1, 0.15) is 5.75 Å². The quantitative estimate of drug-likeness (QED) is 0.176. The van der Waals surface area contributed by atoms with Crippen molar-refractivity contribution < 1.29 is 14.3 Å².